The zero-order valence-corrected chi connectivity index (χ0v) is 18.5. The quantitative estimate of drug-likeness (QED) is 0.346. The Bertz CT molecular complexity index is 725. The van der Waals surface area contributed by atoms with Gasteiger partial charge in [-0.3, -0.25) is 4.90 Å². The van der Waals surface area contributed by atoms with Crippen molar-refractivity contribution in [2.75, 3.05) is 65.5 Å². The standard InChI is InChI=1S/C18H35N5O5S/c1-16(2)19-4-6-26-8-10-28-11-9-27-7-5-23-13-17(20-21-23)12-22-14-18(15-22)29(3,24)25/h13,16,18-19H,4-12,14-15H2,1-3H3/i13D. The van der Waals surface area contributed by atoms with Crippen molar-refractivity contribution in [2.45, 2.75) is 38.2 Å². The van der Waals surface area contributed by atoms with Crippen LogP contribution in [0.2, 0.25) is 0 Å². The zero-order chi connectivity index (χ0) is 22.0. The minimum Gasteiger partial charge on any atom is -0.378 e. The fourth-order valence-corrected chi connectivity index (χ4v) is 3.68. The molecule has 1 saturated heterocycles. The molecular weight excluding hydrogens is 398 g/mol. The van der Waals surface area contributed by atoms with Gasteiger partial charge >= 0.3 is 0 Å². The topological polar surface area (TPSA) is 108 Å². The minimum atomic E-state index is -2.99. The Morgan fingerprint density at radius 2 is 1.79 bits per heavy atom. The molecule has 168 valence electrons. The summed E-state index contributed by atoms with van der Waals surface area (Å²) in [7, 11) is -2.99. The van der Waals surface area contributed by atoms with Crippen molar-refractivity contribution < 1.29 is 24.0 Å². The molecule has 2 rings (SSSR count). The fraction of sp³-hybridized carbons (Fsp3) is 0.889. The summed E-state index contributed by atoms with van der Waals surface area (Å²) in [5.74, 6) is 0. The Balaban J connectivity index is 1.48. The lowest BCUT2D eigenvalue weighted by molar-refractivity contribution is 0.0131. The molecule has 1 aromatic heterocycles. The van der Waals surface area contributed by atoms with Gasteiger partial charge in [-0.25, -0.2) is 13.1 Å². The molecule has 0 bridgehead atoms. The maximum absolute atomic E-state index is 11.5. The molecule has 0 spiro atoms. The van der Waals surface area contributed by atoms with Crippen LogP contribution in [0.4, 0.5) is 0 Å². The summed E-state index contributed by atoms with van der Waals surface area (Å²) >= 11 is 0. The number of hydrogen-bond donors (Lipinski definition) is 1. The van der Waals surface area contributed by atoms with Crippen LogP contribution < -0.4 is 5.32 Å². The smallest absolute Gasteiger partial charge is 0.152 e. The Morgan fingerprint density at radius 3 is 2.41 bits per heavy atom. The molecular formula is C18H35N5O5S. The zero-order valence-electron chi connectivity index (χ0n) is 18.7. The van der Waals surface area contributed by atoms with Gasteiger partial charge in [-0.15, -0.1) is 5.10 Å². The first kappa shape index (κ1) is 22.6. The number of rotatable bonds is 16. The predicted molar refractivity (Wildman–Crippen MR) is 110 cm³/mol. The first-order chi connectivity index (χ1) is 14.3. The maximum atomic E-state index is 11.5. The summed E-state index contributed by atoms with van der Waals surface area (Å²) in [6, 6.07) is 0.465. The van der Waals surface area contributed by atoms with Gasteiger partial charge in [-0.05, 0) is 0 Å². The highest BCUT2D eigenvalue weighted by molar-refractivity contribution is 7.91. The van der Waals surface area contributed by atoms with E-state index in [1.807, 2.05) is 4.90 Å². The van der Waals surface area contributed by atoms with Crippen LogP contribution >= 0.6 is 0 Å². The van der Waals surface area contributed by atoms with Gasteiger partial charge in [0.1, 0.15) is 0 Å². The van der Waals surface area contributed by atoms with E-state index in [2.05, 4.69) is 29.5 Å². The van der Waals surface area contributed by atoms with Crippen LogP contribution in [0.5, 0.6) is 0 Å². The van der Waals surface area contributed by atoms with Crippen LogP contribution in [0.25, 0.3) is 0 Å². The van der Waals surface area contributed by atoms with E-state index >= 15 is 0 Å². The Morgan fingerprint density at radius 1 is 1.17 bits per heavy atom. The predicted octanol–water partition coefficient (Wildman–Crippen LogP) is -0.445. The first-order valence-electron chi connectivity index (χ1n) is 10.5. The molecule has 1 N–H and O–H groups in total. The van der Waals surface area contributed by atoms with Gasteiger partial charge in [0.2, 0.25) is 0 Å². The largest absolute Gasteiger partial charge is 0.378 e. The summed E-state index contributed by atoms with van der Waals surface area (Å²) < 4.78 is 49.0. The van der Waals surface area contributed by atoms with Gasteiger partial charge in [0.25, 0.3) is 0 Å². The van der Waals surface area contributed by atoms with Crippen molar-refractivity contribution in [3.05, 3.63) is 11.9 Å². The molecule has 0 aromatic carbocycles. The molecule has 0 radical (unpaired) electrons. The fourth-order valence-electron chi connectivity index (χ4n) is 2.72. The number of likely N-dealkylation sites (tertiary alicyclic amines) is 1. The second-order valence-corrected chi connectivity index (χ2v) is 9.79. The van der Waals surface area contributed by atoms with E-state index in [1.165, 1.54) is 10.9 Å². The number of ether oxygens (including phenoxy) is 3. The summed E-state index contributed by atoms with van der Waals surface area (Å²) in [4.78, 5) is 1.95. The highest BCUT2D eigenvalue weighted by Crippen LogP contribution is 2.17. The molecule has 29 heavy (non-hydrogen) atoms. The van der Waals surface area contributed by atoms with E-state index in [0.29, 0.717) is 77.6 Å². The molecule has 11 heteroatoms. The third-order valence-corrected chi connectivity index (χ3v) is 5.93. The van der Waals surface area contributed by atoms with Crippen molar-refractivity contribution in [1.82, 2.24) is 25.2 Å². The third kappa shape index (κ3) is 9.96. The van der Waals surface area contributed by atoms with Gasteiger partial charge < -0.3 is 19.5 Å². The average Bonchev–Trinajstić information content (AvgIpc) is 2.97. The van der Waals surface area contributed by atoms with Gasteiger partial charge in [-0.2, -0.15) is 0 Å². The monoisotopic (exact) mass is 434 g/mol. The SMILES string of the molecule is [2H]c1c(CN2CC(S(C)(=O)=O)C2)nnn1CCOCCOCCOCCNC(C)C. The molecule has 0 atom stereocenters. The van der Waals surface area contributed by atoms with Crippen molar-refractivity contribution >= 4 is 9.84 Å². The molecule has 0 amide bonds. The number of nitrogens with one attached hydrogen (secondary N) is 1. The van der Waals surface area contributed by atoms with Crippen LogP contribution in [0, 0.1) is 0 Å². The average molecular weight is 435 g/mol. The van der Waals surface area contributed by atoms with Crippen LogP contribution in [0.1, 0.15) is 20.9 Å². The van der Waals surface area contributed by atoms with E-state index in [-0.39, 0.29) is 11.4 Å². The second kappa shape index (κ2) is 12.6. The molecule has 1 aliphatic heterocycles. The van der Waals surface area contributed by atoms with Crippen molar-refractivity contribution in [1.29, 1.82) is 0 Å². The molecule has 0 saturated carbocycles. The minimum absolute atomic E-state index is 0.238. The van der Waals surface area contributed by atoms with Crippen molar-refractivity contribution in [3.63, 3.8) is 0 Å². The molecule has 10 nitrogen and oxygen atoms in total. The Kier molecular flexibility index (Phi) is 9.77. The van der Waals surface area contributed by atoms with Gasteiger partial charge in [-0.1, -0.05) is 19.1 Å². The number of aromatic nitrogens is 3. The first-order valence-corrected chi connectivity index (χ1v) is 12.0. The van der Waals surface area contributed by atoms with E-state index in [1.54, 1.807) is 0 Å². The number of sulfone groups is 1. The van der Waals surface area contributed by atoms with Crippen LogP contribution in [0.15, 0.2) is 6.17 Å². The normalized spacial score (nSPS) is 16.3. The van der Waals surface area contributed by atoms with E-state index in [4.69, 9.17) is 15.6 Å². The van der Waals surface area contributed by atoms with E-state index in [0.717, 1.165) is 6.54 Å². The number of hydrogen-bond acceptors (Lipinski definition) is 9. The third-order valence-electron chi connectivity index (χ3n) is 4.42. The summed E-state index contributed by atoms with van der Waals surface area (Å²) in [6.07, 6.45) is 1.49. The lowest BCUT2D eigenvalue weighted by Gasteiger charge is -2.37. The molecule has 0 aliphatic carbocycles. The number of nitrogens with zero attached hydrogens (tertiary/aromatic N) is 4. The lowest BCUT2D eigenvalue weighted by Crippen LogP contribution is -2.53. The summed E-state index contributed by atoms with van der Waals surface area (Å²) in [5, 5.41) is 11.0. The van der Waals surface area contributed by atoms with Gasteiger partial charge in [0, 0.05) is 44.6 Å². The molecule has 1 aliphatic rings. The molecule has 0 unspecified atom stereocenters. The highest BCUT2D eigenvalue weighted by atomic mass is 32.2. The Labute approximate surface area is 175 Å². The van der Waals surface area contributed by atoms with Crippen molar-refractivity contribution in [3.8, 4) is 0 Å². The van der Waals surface area contributed by atoms with E-state index < -0.39 is 9.84 Å². The van der Waals surface area contributed by atoms with Crippen LogP contribution in [-0.4, -0.2) is 105 Å². The van der Waals surface area contributed by atoms with Crippen molar-refractivity contribution in [2.24, 2.45) is 0 Å². The summed E-state index contributed by atoms with van der Waals surface area (Å²) in [6.45, 7) is 9.99. The van der Waals surface area contributed by atoms with Gasteiger partial charge in [0.15, 0.2) is 9.84 Å². The molecule has 2 heterocycles. The molecule has 1 aromatic rings. The maximum Gasteiger partial charge on any atom is 0.152 e. The Hall–Kier alpha value is -1.11. The second-order valence-electron chi connectivity index (χ2n) is 7.46. The lowest BCUT2D eigenvalue weighted by atomic mass is 10.2. The highest BCUT2D eigenvalue weighted by Gasteiger charge is 2.34. The summed E-state index contributed by atoms with van der Waals surface area (Å²) in [5.41, 5.74) is 0.550. The van der Waals surface area contributed by atoms with Crippen LogP contribution in [-0.2, 0) is 37.1 Å². The van der Waals surface area contributed by atoms with Gasteiger partial charge in [0.05, 0.1) is 58.5 Å². The van der Waals surface area contributed by atoms with Crippen LogP contribution in [0.3, 0.4) is 0 Å². The molecule has 1 fully saturated rings. The van der Waals surface area contributed by atoms with E-state index in [9.17, 15) is 8.42 Å².